The Morgan fingerprint density at radius 3 is 2.47 bits per heavy atom. The van der Waals surface area contributed by atoms with Gasteiger partial charge in [0.2, 0.25) is 0 Å². The first-order chi connectivity index (χ1) is 15.3. The van der Waals surface area contributed by atoms with E-state index < -0.39 is 11.7 Å². The zero-order valence-corrected chi connectivity index (χ0v) is 18.3. The quantitative estimate of drug-likeness (QED) is 0.581. The molecule has 1 aromatic carbocycles. The van der Waals surface area contributed by atoms with E-state index in [2.05, 4.69) is 19.9 Å². The van der Waals surface area contributed by atoms with E-state index in [1.807, 2.05) is 11.8 Å². The van der Waals surface area contributed by atoms with Gasteiger partial charge in [0.25, 0.3) is 5.91 Å². The highest BCUT2D eigenvalue weighted by molar-refractivity contribution is 7.17. The molecule has 0 atom stereocenters. The van der Waals surface area contributed by atoms with Crippen LogP contribution in [-0.4, -0.2) is 56.8 Å². The maximum absolute atomic E-state index is 13.1. The van der Waals surface area contributed by atoms with Crippen LogP contribution in [0.2, 0.25) is 0 Å². The number of aromatic nitrogens is 3. The second-order valence-corrected chi connectivity index (χ2v) is 8.62. The number of carbonyl (C=O) groups excluding carboxylic acids is 1. The largest absolute Gasteiger partial charge is 0.416 e. The van der Waals surface area contributed by atoms with Crippen LogP contribution in [0, 0.1) is 6.92 Å². The zero-order valence-electron chi connectivity index (χ0n) is 17.5. The summed E-state index contributed by atoms with van der Waals surface area (Å²) < 4.78 is 38.3. The van der Waals surface area contributed by atoms with Crippen molar-refractivity contribution in [2.24, 2.45) is 0 Å². The Balaban J connectivity index is 1.39. The van der Waals surface area contributed by atoms with Crippen LogP contribution < -0.4 is 0 Å². The van der Waals surface area contributed by atoms with Crippen molar-refractivity contribution in [2.45, 2.75) is 26.1 Å². The van der Waals surface area contributed by atoms with Crippen molar-refractivity contribution in [3.63, 3.8) is 0 Å². The number of nitrogens with zero attached hydrogens (tertiary/aromatic N) is 5. The second kappa shape index (κ2) is 9.33. The first-order valence-corrected chi connectivity index (χ1v) is 11.1. The highest BCUT2D eigenvalue weighted by atomic mass is 32.1. The van der Waals surface area contributed by atoms with Gasteiger partial charge < -0.3 is 4.90 Å². The normalized spacial score (nSPS) is 15.6. The summed E-state index contributed by atoms with van der Waals surface area (Å²) in [6.45, 7) is 4.96. The third kappa shape index (κ3) is 5.13. The second-order valence-electron chi connectivity index (χ2n) is 7.62. The molecule has 168 valence electrons. The molecule has 1 aliphatic rings. The number of aryl methyl sites for hydroxylation is 1. The molecule has 1 saturated heterocycles. The minimum atomic E-state index is -4.33. The van der Waals surface area contributed by atoms with Crippen molar-refractivity contribution in [1.82, 2.24) is 24.8 Å². The van der Waals surface area contributed by atoms with Crippen LogP contribution in [0.3, 0.4) is 0 Å². The number of carbonyl (C=O) groups is 1. The van der Waals surface area contributed by atoms with Crippen LogP contribution in [0.15, 0.2) is 42.7 Å². The summed E-state index contributed by atoms with van der Waals surface area (Å²) in [5.74, 6) is 0.441. The monoisotopic (exact) mass is 461 g/mol. The van der Waals surface area contributed by atoms with Gasteiger partial charge in [-0.3, -0.25) is 9.69 Å². The van der Waals surface area contributed by atoms with E-state index in [0.717, 1.165) is 30.7 Å². The summed E-state index contributed by atoms with van der Waals surface area (Å²) in [4.78, 5) is 30.6. The van der Waals surface area contributed by atoms with Gasteiger partial charge >= 0.3 is 6.18 Å². The van der Waals surface area contributed by atoms with E-state index in [-0.39, 0.29) is 5.91 Å². The predicted molar refractivity (Wildman–Crippen MR) is 115 cm³/mol. The zero-order chi connectivity index (χ0) is 22.7. The minimum Gasteiger partial charge on any atom is -0.337 e. The molecule has 1 amide bonds. The van der Waals surface area contributed by atoms with Crippen LogP contribution in [0.25, 0.3) is 10.8 Å². The molecular formula is C22H22F3N5OS. The molecule has 0 bridgehead atoms. The maximum Gasteiger partial charge on any atom is 0.416 e. The number of rotatable bonds is 4. The van der Waals surface area contributed by atoms with Gasteiger partial charge in [-0.1, -0.05) is 12.1 Å². The van der Waals surface area contributed by atoms with Crippen LogP contribution in [0.4, 0.5) is 13.2 Å². The molecule has 0 N–H and O–H groups in total. The van der Waals surface area contributed by atoms with Crippen LogP contribution in [0.5, 0.6) is 0 Å². The summed E-state index contributed by atoms with van der Waals surface area (Å²) in [5, 5.41) is 0.616. The van der Waals surface area contributed by atoms with Crippen LogP contribution >= 0.6 is 11.3 Å². The molecule has 2 aromatic heterocycles. The Morgan fingerprint density at radius 2 is 1.78 bits per heavy atom. The smallest absolute Gasteiger partial charge is 0.337 e. The lowest BCUT2D eigenvalue weighted by Gasteiger charge is -2.22. The summed E-state index contributed by atoms with van der Waals surface area (Å²) in [6.07, 6.45) is -0.261. The molecule has 3 heterocycles. The van der Waals surface area contributed by atoms with Crippen molar-refractivity contribution in [3.8, 4) is 10.8 Å². The van der Waals surface area contributed by atoms with E-state index in [9.17, 15) is 18.0 Å². The van der Waals surface area contributed by atoms with Gasteiger partial charge in [-0.05, 0) is 37.1 Å². The summed E-state index contributed by atoms with van der Waals surface area (Å²) in [7, 11) is 0. The molecule has 32 heavy (non-hydrogen) atoms. The number of alkyl halides is 3. The number of hydrogen-bond acceptors (Lipinski definition) is 6. The highest BCUT2D eigenvalue weighted by Gasteiger charge is 2.30. The first kappa shape index (κ1) is 22.3. The SMILES string of the molecule is Cc1nc(-c2ncccn2)sc1C(=O)N1CCCN(Cc2ccc(C(F)(F)F)cc2)CC1. The Hall–Kier alpha value is -2.85. The molecule has 1 aliphatic heterocycles. The fourth-order valence-corrected chi connectivity index (χ4v) is 4.62. The Morgan fingerprint density at radius 1 is 1.06 bits per heavy atom. The van der Waals surface area contributed by atoms with Crippen LogP contribution in [0.1, 0.15) is 32.9 Å². The average molecular weight is 462 g/mol. The number of amides is 1. The van der Waals surface area contributed by atoms with Gasteiger partial charge in [-0.25, -0.2) is 15.0 Å². The van der Waals surface area contributed by atoms with Gasteiger partial charge in [0.1, 0.15) is 4.88 Å². The van der Waals surface area contributed by atoms with E-state index in [4.69, 9.17) is 0 Å². The van der Waals surface area contributed by atoms with E-state index in [1.165, 1.54) is 23.5 Å². The molecule has 1 fully saturated rings. The first-order valence-electron chi connectivity index (χ1n) is 10.2. The van der Waals surface area contributed by atoms with Crippen molar-refractivity contribution in [3.05, 3.63) is 64.4 Å². The summed E-state index contributed by atoms with van der Waals surface area (Å²) >= 11 is 1.30. The minimum absolute atomic E-state index is 0.0569. The van der Waals surface area contributed by atoms with E-state index >= 15 is 0 Å². The molecule has 4 rings (SSSR count). The molecule has 0 aliphatic carbocycles. The number of halogens is 3. The lowest BCUT2D eigenvalue weighted by atomic mass is 10.1. The van der Waals surface area contributed by atoms with Crippen molar-refractivity contribution < 1.29 is 18.0 Å². The molecule has 0 saturated carbocycles. The standard InChI is InChI=1S/C22H22F3N5OS/c1-15-18(32-20(28-15)19-26-8-2-9-27-19)21(31)30-11-3-10-29(12-13-30)14-16-4-6-17(7-5-16)22(23,24)25/h2,4-9H,3,10-14H2,1H3. The highest BCUT2D eigenvalue weighted by Crippen LogP contribution is 2.29. The van der Waals surface area contributed by atoms with Crippen molar-refractivity contribution in [2.75, 3.05) is 26.2 Å². The lowest BCUT2D eigenvalue weighted by Crippen LogP contribution is -2.35. The summed E-state index contributed by atoms with van der Waals surface area (Å²) in [5.41, 5.74) is 0.839. The third-order valence-corrected chi connectivity index (χ3v) is 6.45. The lowest BCUT2D eigenvalue weighted by molar-refractivity contribution is -0.137. The molecule has 0 spiro atoms. The van der Waals surface area contributed by atoms with Crippen molar-refractivity contribution in [1.29, 1.82) is 0 Å². The van der Waals surface area contributed by atoms with Gasteiger partial charge in [0, 0.05) is 45.1 Å². The van der Waals surface area contributed by atoms with Gasteiger partial charge in [0.05, 0.1) is 11.3 Å². The van der Waals surface area contributed by atoms with Crippen molar-refractivity contribution >= 4 is 17.2 Å². The predicted octanol–water partition coefficient (Wildman–Crippen LogP) is 4.28. The Bertz CT molecular complexity index is 1070. The number of hydrogen-bond donors (Lipinski definition) is 0. The number of benzene rings is 1. The summed E-state index contributed by atoms with van der Waals surface area (Å²) in [6, 6.07) is 6.99. The Kier molecular flexibility index (Phi) is 6.52. The topological polar surface area (TPSA) is 62.2 Å². The third-order valence-electron chi connectivity index (χ3n) is 5.31. The molecule has 10 heteroatoms. The molecule has 6 nitrogen and oxygen atoms in total. The van der Waals surface area contributed by atoms with Gasteiger partial charge in [-0.15, -0.1) is 11.3 Å². The fourth-order valence-electron chi connectivity index (χ4n) is 3.63. The maximum atomic E-state index is 13.1. The molecule has 3 aromatic rings. The van der Waals surface area contributed by atoms with E-state index in [0.29, 0.717) is 47.6 Å². The van der Waals surface area contributed by atoms with Gasteiger partial charge in [-0.2, -0.15) is 13.2 Å². The number of thiazole rings is 1. The van der Waals surface area contributed by atoms with E-state index in [1.54, 1.807) is 18.5 Å². The van der Waals surface area contributed by atoms with Crippen LogP contribution in [-0.2, 0) is 12.7 Å². The average Bonchev–Trinajstić information content (AvgIpc) is 3.01. The Labute approximate surface area is 187 Å². The molecule has 0 unspecified atom stereocenters. The molecular weight excluding hydrogens is 439 g/mol. The van der Waals surface area contributed by atoms with Gasteiger partial charge in [0.15, 0.2) is 10.8 Å². The fraction of sp³-hybridized carbons (Fsp3) is 0.364. The molecule has 0 radical (unpaired) electrons.